The molecule has 2 aromatic carbocycles. The van der Waals surface area contributed by atoms with Gasteiger partial charge >= 0.3 is 0 Å². The number of rotatable bonds is 8. The maximum Gasteiger partial charge on any atom is 0.159 e. The molecular formula is C24H29NO3. The van der Waals surface area contributed by atoms with E-state index in [1.807, 2.05) is 0 Å². The van der Waals surface area contributed by atoms with Crippen LogP contribution < -0.4 is 4.74 Å². The van der Waals surface area contributed by atoms with Gasteiger partial charge in [-0.15, -0.1) is 0 Å². The Kier molecular flexibility index (Phi) is 5.79. The number of carbonyl (C=O) groups is 1. The van der Waals surface area contributed by atoms with Crippen LogP contribution in [0.25, 0.3) is 0 Å². The minimum atomic E-state index is -0.540. The monoisotopic (exact) mass is 379 g/mol. The van der Waals surface area contributed by atoms with Crippen LogP contribution in [-0.4, -0.2) is 41.1 Å². The molecule has 28 heavy (non-hydrogen) atoms. The molecule has 2 unspecified atom stereocenters. The molecule has 4 rings (SSSR count). The van der Waals surface area contributed by atoms with Crippen molar-refractivity contribution in [3.63, 3.8) is 0 Å². The van der Waals surface area contributed by atoms with Gasteiger partial charge in [0.1, 0.15) is 18.5 Å². The maximum atomic E-state index is 11.4. The van der Waals surface area contributed by atoms with Gasteiger partial charge in [0.2, 0.25) is 0 Å². The highest BCUT2D eigenvalue weighted by Gasteiger charge is 2.37. The van der Waals surface area contributed by atoms with Gasteiger partial charge in [-0.3, -0.25) is 9.69 Å². The molecule has 1 saturated carbocycles. The quantitative estimate of drug-likeness (QED) is 0.700. The average Bonchev–Trinajstić information content (AvgIpc) is 3.56. The van der Waals surface area contributed by atoms with Crippen molar-refractivity contribution in [2.24, 2.45) is 0 Å². The van der Waals surface area contributed by atoms with Crippen LogP contribution in [0.15, 0.2) is 48.5 Å². The summed E-state index contributed by atoms with van der Waals surface area (Å²) < 4.78 is 5.77. The number of aliphatic hydroxyl groups is 1. The molecule has 4 heteroatoms. The van der Waals surface area contributed by atoms with Gasteiger partial charge in [-0.1, -0.05) is 24.3 Å². The molecule has 2 atom stereocenters. The van der Waals surface area contributed by atoms with E-state index in [-0.39, 0.29) is 12.4 Å². The molecule has 0 heterocycles. The molecule has 0 bridgehead atoms. The topological polar surface area (TPSA) is 49.8 Å². The summed E-state index contributed by atoms with van der Waals surface area (Å²) in [7, 11) is 0. The maximum absolute atomic E-state index is 11.4. The van der Waals surface area contributed by atoms with Crippen molar-refractivity contribution in [1.29, 1.82) is 0 Å². The number of benzene rings is 2. The van der Waals surface area contributed by atoms with Crippen molar-refractivity contribution < 1.29 is 14.6 Å². The Morgan fingerprint density at radius 3 is 2.61 bits per heavy atom. The summed E-state index contributed by atoms with van der Waals surface area (Å²) in [6.07, 6.45) is 5.43. The Morgan fingerprint density at radius 2 is 1.89 bits per heavy atom. The van der Waals surface area contributed by atoms with Gasteiger partial charge in [0.25, 0.3) is 0 Å². The number of fused-ring (bicyclic) bond motifs is 1. The lowest BCUT2D eigenvalue weighted by molar-refractivity contribution is 0.0438. The third-order valence-electron chi connectivity index (χ3n) is 5.88. The Labute approximate surface area is 167 Å². The second kappa shape index (κ2) is 8.46. The molecule has 0 radical (unpaired) electrons. The van der Waals surface area contributed by atoms with Gasteiger partial charge in [0.15, 0.2) is 5.78 Å². The van der Waals surface area contributed by atoms with Crippen LogP contribution in [0.2, 0.25) is 0 Å². The Hall–Kier alpha value is -2.17. The molecule has 148 valence electrons. The van der Waals surface area contributed by atoms with E-state index < -0.39 is 6.10 Å². The summed E-state index contributed by atoms with van der Waals surface area (Å²) in [5, 5.41) is 10.7. The molecule has 0 saturated heterocycles. The largest absolute Gasteiger partial charge is 0.491 e. The molecule has 2 aliphatic rings. The standard InChI is InChI=1S/C24H29NO3/c1-17(26)18-9-13-22(14-10-18)28-16-21(27)15-25(20-11-12-20)24-8-4-6-19-5-2-3-7-23(19)24/h2-3,5,7,9-10,13-14,20-21,24,27H,4,6,8,11-12,15-16H2,1H3. The smallest absolute Gasteiger partial charge is 0.159 e. The van der Waals surface area contributed by atoms with Gasteiger partial charge in [-0.25, -0.2) is 0 Å². The van der Waals surface area contributed by atoms with Gasteiger partial charge < -0.3 is 9.84 Å². The van der Waals surface area contributed by atoms with Crippen molar-refractivity contribution in [3.8, 4) is 5.75 Å². The number of aryl methyl sites for hydroxylation is 1. The first-order chi connectivity index (χ1) is 13.6. The first-order valence-electron chi connectivity index (χ1n) is 10.4. The first-order valence-corrected chi connectivity index (χ1v) is 10.4. The molecule has 0 aliphatic heterocycles. The molecular weight excluding hydrogens is 350 g/mol. The Balaban J connectivity index is 1.38. The zero-order chi connectivity index (χ0) is 19.5. The third-order valence-corrected chi connectivity index (χ3v) is 5.88. The third kappa shape index (κ3) is 4.45. The van der Waals surface area contributed by atoms with Crippen molar-refractivity contribution in [1.82, 2.24) is 4.90 Å². The molecule has 0 amide bonds. The lowest BCUT2D eigenvalue weighted by atomic mass is 9.86. The summed E-state index contributed by atoms with van der Waals surface area (Å²) in [5.74, 6) is 0.726. The lowest BCUT2D eigenvalue weighted by Gasteiger charge is -2.37. The van der Waals surface area contributed by atoms with Crippen LogP contribution in [0.1, 0.15) is 60.1 Å². The van der Waals surface area contributed by atoms with E-state index in [0.29, 0.717) is 29.9 Å². The SMILES string of the molecule is CC(=O)c1ccc(OCC(O)CN(C2CC2)C2CCCc3ccccc32)cc1. The highest BCUT2D eigenvalue weighted by atomic mass is 16.5. The second-order valence-electron chi connectivity index (χ2n) is 8.08. The summed E-state index contributed by atoms with van der Waals surface area (Å²) in [6.45, 7) is 2.45. The fraction of sp³-hybridized carbons (Fsp3) is 0.458. The fourth-order valence-corrected chi connectivity index (χ4v) is 4.28. The normalized spacial score (nSPS) is 19.9. The van der Waals surface area contributed by atoms with Crippen LogP contribution in [0, 0.1) is 0 Å². The molecule has 1 N–H and O–H groups in total. The summed E-state index contributed by atoms with van der Waals surface area (Å²) >= 11 is 0. The van der Waals surface area contributed by atoms with Crippen molar-refractivity contribution >= 4 is 5.78 Å². The van der Waals surface area contributed by atoms with E-state index in [1.165, 1.54) is 30.4 Å². The van der Waals surface area contributed by atoms with E-state index >= 15 is 0 Å². The van der Waals surface area contributed by atoms with Crippen molar-refractivity contribution in [2.75, 3.05) is 13.2 Å². The van der Waals surface area contributed by atoms with E-state index in [1.54, 1.807) is 31.2 Å². The fourth-order valence-electron chi connectivity index (χ4n) is 4.28. The molecule has 0 spiro atoms. The van der Waals surface area contributed by atoms with E-state index in [4.69, 9.17) is 4.74 Å². The van der Waals surface area contributed by atoms with E-state index in [0.717, 1.165) is 12.8 Å². The molecule has 2 aliphatic carbocycles. The lowest BCUT2D eigenvalue weighted by Crippen LogP contribution is -2.40. The molecule has 0 aromatic heterocycles. The summed E-state index contributed by atoms with van der Waals surface area (Å²) in [6, 6.07) is 16.9. The number of ether oxygens (including phenoxy) is 1. The van der Waals surface area contributed by atoms with Crippen LogP contribution in [0.4, 0.5) is 0 Å². The van der Waals surface area contributed by atoms with Gasteiger partial charge in [-0.05, 0) is 74.4 Å². The number of carbonyl (C=O) groups excluding carboxylic acids is 1. The molecule has 1 fully saturated rings. The van der Waals surface area contributed by atoms with Crippen LogP contribution >= 0.6 is 0 Å². The minimum Gasteiger partial charge on any atom is -0.491 e. The summed E-state index contributed by atoms with van der Waals surface area (Å²) in [5.41, 5.74) is 3.57. The van der Waals surface area contributed by atoms with Gasteiger partial charge in [0, 0.05) is 24.2 Å². The number of nitrogens with zero attached hydrogens (tertiary/aromatic N) is 1. The Bertz CT molecular complexity index is 813. The zero-order valence-electron chi connectivity index (χ0n) is 16.5. The van der Waals surface area contributed by atoms with Crippen molar-refractivity contribution in [2.45, 2.75) is 57.2 Å². The predicted octanol–water partition coefficient (Wildman–Crippen LogP) is 4.17. The number of hydrogen-bond acceptors (Lipinski definition) is 4. The van der Waals surface area contributed by atoms with Crippen molar-refractivity contribution in [3.05, 3.63) is 65.2 Å². The Morgan fingerprint density at radius 1 is 1.14 bits per heavy atom. The summed E-state index contributed by atoms with van der Waals surface area (Å²) in [4.78, 5) is 13.9. The number of ketones is 1. The number of hydrogen-bond donors (Lipinski definition) is 1. The van der Waals surface area contributed by atoms with Gasteiger partial charge in [0.05, 0.1) is 0 Å². The number of aliphatic hydroxyl groups excluding tert-OH is 1. The highest BCUT2D eigenvalue weighted by molar-refractivity contribution is 5.94. The molecule has 2 aromatic rings. The second-order valence-corrected chi connectivity index (χ2v) is 8.08. The van der Waals surface area contributed by atoms with Crippen LogP contribution in [-0.2, 0) is 6.42 Å². The molecule has 4 nitrogen and oxygen atoms in total. The zero-order valence-corrected chi connectivity index (χ0v) is 16.5. The van der Waals surface area contributed by atoms with Crippen LogP contribution in [0.5, 0.6) is 5.75 Å². The predicted molar refractivity (Wildman–Crippen MR) is 110 cm³/mol. The van der Waals surface area contributed by atoms with Gasteiger partial charge in [-0.2, -0.15) is 0 Å². The van der Waals surface area contributed by atoms with Crippen LogP contribution in [0.3, 0.4) is 0 Å². The van der Waals surface area contributed by atoms with E-state index in [9.17, 15) is 9.90 Å². The highest BCUT2D eigenvalue weighted by Crippen LogP contribution is 2.40. The first kappa shape index (κ1) is 19.2. The minimum absolute atomic E-state index is 0.0411. The number of Topliss-reactive ketones (excluding diaryl/α,β-unsaturated/α-hetero) is 1. The average molecular weight is 380 g/mol. The van der Waals surface area contributed by atoms with E-state index in [2.05, 4.69) is 29.2 Å².